The van der Waals surface area contributed by atoms with Crippen molar-refractivity contribution >= 4 is 17.5 Å². The lowest BCUT2D eigenvalue weighted by Crippen LogP contribution is -2.35. The fraction of sp³-hybridized carbons (Fsp3) is 0.409. The highest BCUT2D eigenvalue weighted by Gasteiger charge is 2.33. The van der Waals surface area contributed by atoms with Crippen molar-refractivity contribution in [2.45, 2.75) is 39.2 Å². The largest absolute Gasteiger partial charge is 0.326 e. The molecule has 1 aromatic carbocycles. The Morgan fingerprint density at radius 1 is 1.11 bits per heavy atom. The molecule has 148 valence electrons. The van der Waals surface area contributed by atoms with E-state index >= 15 is 0 Å². The molecule has 1 aliphatic rings. The summed E-state index contributed by atoms with van der Waals surface area (Å²) in [5.41, 5.74) is 4.31. The van der Waals surface area contributed by atoms with E-state index < -0.39 is 0 Å². The lowest BCUT2D eigenvalue weighted by Gasteiger charge is -2.33. The van der Waals surface area contributed by atoms with Crippen LogP contribution in [0.2, 0.25) is 0 Å². The molecule has 1 fully saturated rings. The number of hydrogen-bond donors (Lipinski definition) is 2. The fourth-order valence-electron chi connectivity index (χ4n) is 3.83. The van der Waals surface area contributed by atoms with Gasteiger partial charge in [0.25, 0.3) is 0 Å². The van der Waals surface area contributed by atoms with E-state index in [2.05, 4.69) is 22.7 Å². The Morgan fingerprint density at radius 3 is 2.57 bits per heavy atom. The van der Waals surface area contributed by atoms with E-state index in [4.69, 9.17) is 4.84 Å². The van der Waals surface area contributed by atoms with Crippen LogP contribution in [0.4, 0.5) is 5.69 Å². The van der Waals surface area contributed by atoms with Gasteiger partial charge in [-0.15, -0.1) is 0 Å². The molecule has 0 unspecified atom stereocenters. The molecule has 1 heterocycles. The Hall–Kier alpha value is -2.73. The van der Waals surface area contributed by atoms with Crippen molar-refractivity contribution in [3.8, 4) is 0 Å². The van der Waals surface area contributed by atoms with Crippen molar-refractivity contribution in [3.05, 3.63) is 60.4 Å². The molecule has 3 rings (SSSR count). The maximum absolute atomic E-state index is 12.6. The SMILES string of the molecule is C[C@H]1C[C@H](CC(=O)NOCc2ccccc2)CC[C@H]1C(=O)Nc1ccncc1. The Labute approximate surface area is 165 Å². The van der Waals surface area contributed by atoms with E-state index in [1.165, 1.54) is 0 Å². The number of rotatable bonds is 7. The van der Waals surface area contributed by atoms with Crippen LogP contribution in [-0.4, -0.2) is 16.8 Å². The summed E-state index contributed by atoms with van der Waals surface area (Å²) in [4.78, 5) is 34.0. The van der Waals surface area contributed by atoms with Gasteiger partial charge in [-0.2, -0.15) is 0 Å². The smallest absolute Gasteiger partial charge is 0.243 e. The molecular weight excluding hydrogens is 354 g/mol. The zero-order valence-electron chi connectivity index (χ0n) is 16.1. The summed E-state index contributed by atoms with van der Waals surface area (Å²) >= 11 is 0. The van der Waals surface area contributed by atoms with Gasteiger partial charge in [0, 0.05) is 30.4 Å². The molecule has 0 spiro atoms. The number of anilines is 1. The number of benzene rings is 1. The molecule has 3 atom stereocenters. The van der Waals surface area contributed by atoms with Crippen LogP contribution in [0.25, 0.3) is 0 Å². The van der Waals surface area contributed by atoms with Gasteiger partial charge < -0.3 is 5.32 Å². The van der Waals surface area contributed by atoms with Gasteiger partial charge in [0.2, 0.25) is 11.8 Å². The Morgan fingerprint density at radius 2 is 1.86 bits per heavy atom. The van der Waals surface area contributed by atoms with Crippen LogP contribution in [0.3, 0.4) is 0 Å². The summed E-state index contributed by atoms with van der Waals surface area (Å²) in [5, 5.41) is 2.96. The molecule has 1 saturated carbocycles. The first-order valence-electron chi connectivity index (χ1n) is 9.77. The van der Waals surface area contributed by atoms with Crippen LogP contribution < -0.4 is 10.8 Å². The van der Waals surface area contributed by atoms with Gasteiger partial charge in [-0.25, -0.2) is 5.48 Å². The summed E-state index contributed by atoms with van der Waals surface area (Å²) in [6.07, 6.45) is 6.27. The maximum Gasteiger partial charge on any atom is 0.243 e. The third-order valence-electron chi connectivity index (χ3n) is 5.30. The predicted octanol–water partition coefficient (Wildman–Crippen LogP) is 3.71. The second-order valence-electron chi connectivity index (χ2n) is 7.49. The summed E-state index contributed by atoms with van der Waals surface area (Å²) in [6.45, 7) is 2.44. The van der Waals surface area contributed by atoms with Crippen molar-refractivity contribution < 1.29 is 14.4 Å². The summed E-state index contributed by atoms with van der Waals surface area (Å²) in [6, 6.07) is 13.3. The van der Waals surface area contributed by atoms with Gasteiger partial charge in [-0.05, 0) is 48.8 Å². The van der Waals surface area contributed by atoms with E-state index in [9.17, 15) is 9.59 Å². The molecule has 6 heteroatoms. The van der Waals surface area contributed by atoms with Gasteiger partial charge in [-0.1, -0.05) is 37.3 Å². The van der Waals surface area contributed by atoms with E-state index in [0.29, 0.717) is 13.0 Å². The van der Waals surface area contributed by atoms with Gasteiger partial charge >= 0.3 is 0 Å². The number of nitrogens with one attached hydrogen (secondary N) is 2. The van der Waals surface area contributed by atoms with Crippen molar-refractivity contribution in [1.82, 2.24) is 10.5 Å². The molecule has 1 aromatic heterocycles. The van der Waals surface area contributed by atoms with Gasteiger partial charge in [-0.3, -0.25) is 19.4 Å². The summed E-state index contributed by atoms with van der Waals surface area (Å²) < 4.78 is 0. The van der Waals surface area contributed by atoms with E-state index in [1.54, 1.807) is 24.5 Å². The van der Waals surface area contributed by atoms with Gasteiger partial charge in [0.05, 0.1) is 6.61 Å². The first kappa shape index (κ1) is 20.0. The monoisotopic (exact) mass is 381 g/mol. The molecule has 6 nitrogen and oxygen atoms in total. The second kappa shape index (κ2) is 9.99. The highest BCUT2D eigenvalue weighted by molar-refractivity contribution is 5.92. The molecule has 2 N–H and O–H groups in total. The molecule has 0 bridgehead atoms. The van der Waals surface area contributed by atoms with Crippen LogP contribution >= 0.6 is 0 Å². The van der Waals surface area contributed by atoms with Crippen LogP contribution in [0, 0.1) is 17.8 Å². The van der Waals surface area contributed by atoms with Gasteiger partial charge in [0.15, 0.2) is 0 Å². The number of carbonyl (C=O) groups excluding carboxylic acids is 2. The lowest BCUT2D eigenvalue weighted by atomic mass is 9.73. The number of pyridine rings is 1. The quantitative estimate of drug-likeness (QED) is 0.717. The molecule has 1 aliphatic carbocycles. The molecular formula is C22H27N3O3. The van der Waals surface area contributed by atoms with Crippen molar-refractivity contribution in [1.29, 1.82) is 0 Å². The fourth-order valence-corrected chi connectivity index (χ4v) is 3.83. The average molecular weight is 381 g/mol. The number of amides is 2. The third kappa shape index (κ3) is 5.89. The van der Waals surface area contributed by atoms with Gasteiger partial charge in [0.1, 0.15) is 0 Å². The van der Waals surface area contributed by atoms with Crippen LogP contribution in [0.1, 0.15) is 38.2 Å². The normalized spacial score (nSPS) is 21.7. The highest BCUT2D eigenvalue weighted by Crippen LogP contribution is 2.36. The molecule has 2 amide bonds. The van der Waals surface area contributed by atoms with Crippen molar-refractivity contribution in [3.63, 3.8) is 0 Å². The predicted molar refractivity (Wildman–Crippen MR) is 107 cm³/mol. The van der Waals surface area contributed by atoms with Crippen molar-refractivity contribution in [2.75, 3.05) is 5.32 Å². The molecule has 2 aromatic rings. The van der Waals surface area contributed by atoms with E-state index in [-0.39, 0.29) is 29.6 Å². The maximum atomic E-state index is 12.6. The Bertz CT molecular complexity index is 767. The van der Waals surface area contributed by atoms with Crippen LogP contribution in [0.5, 0.6) is 0 Å². The summed E-state index contributed by atoms with van der Waals surface area (Å²) in [7, 11) is 0. The Kier molecular flexibility index (Phi) is 7.14. The lowest BCUT2D eigenvalue weighted by molar-refractivity contribution is -0.136. The number of nitrogens with zero attached hydrogens (tertiary/aromatic N) is 1. The number of hydrogen-bond acceptors (Lipinski definition) is 4. The Balaban J connectivity index is 1.39. The topological polar surface area (TPSA) is 80.3 Å². The van der Waals surface area contributed by atoms with Crippen LogP contribution in [0.15, 0.2) is 54.9 Å². The zero-order valence-corrected chi connectivity index (χ0v) is 16.1. The second-order valence-corrected chi connectivity index (χ2v) is 7.49. The first-order chi connectivity index (χ1) is 13.6. The molecule has 0 radical (unpaired) electrons. The number of carbonyl (C=O) groups is 2. The number of hydroxylamine groups is 1. The molecule has 0 saturated heterocycles. The van der Waals surface area contributed by atoms with E-state index in [1.807, 2.05) is 30.3 Å². The van der Waals surface area contributed by atoms with Crippen molar-refractivity contribution in [2.24, 2.45) is 17.8 Å². The number of aromatic nitrogens is 1. The average Bonchev–Trinajstić information content (AvgIpc) is 2.69. The minimum Gasteiger partial charge on any atom is -0.326 e. The minimum absolute atomic E-state index is 0.0261. The summed E-state index contributed by atoms with van der Waals surface area (Å²) in [5.74, 6) is 0.432. The third-order valence-corrected chi connectivity index (χ3v) is 5.30. The van der Waals surface area contributed by atoms with Crippen LogP contribution in [-0.2, 0) is 21.0 Å². The standard InChI is InChI=1S/C22H27N3O3/c1-16-13-18(14-21(26)25-28-15-17-5-3-2-4-6-17)7-8-20(16)22(27)24-19-9-11-23-12-10-19/h2-6,9-12,16,18,20H,7-8,13-15H2,1H3,(H,25,26)(H,23,24,27)/t16-,18+,20+/m0/s1. The first-order valence-corrected chi connectivity index (χ1v) is 9.77. The molecule has 28 heavy (non-hydrogen) atoms. The molecule has 0 aliphatic heterocycles. The highest BCUT2D eigenvalue weighted by atomic mass is 16.6. The van der Waals surface area contributed by atoms with E-state index in [0.717, 1.165) is 30.5 Å². The zero-order chi connectivity index (χ0) is 19.8. The minimum atomic E-state index is -0.104.